The molecule has 0 bridgehead atoms. The van der Waals surface area contributed by atoms with Crippen molar-refractivity contribution in [2.45, 2.75) is 39.5 Å². The van der Waals surface area contributed by atoms with Crippen LogP contribution in [0, 0.1) is 0 Å². The summed E-state index contributed by atoms with van der Waals surface area (Å²) in [7, 11) is 0. The van der Waals surface area contributed by atoms with Gasteiger partial charge in [0, 0.05) is 0 Å². The van der Waals surface area contributed by atoms with Gasteiger partial charge in [0.2, 0.25) is 0 Å². The van der Waals surface area contributed by atoms with Gasteiger partial charge in [-0.3, -0.25) is 0 Å². The molecule has 0 aliphatic heterocycles. The van der Waals surface area contributed by atoms with Crippen LogP contribution in [0.1, 0.15) is 49.8 Å². The molecule has 0 spiro atoms. The van der Waals surface area contributed by atoms with Crippen molar-refractivity contribution in [2.75, 3.05) is 0 Å². The molecular weight excluding hydrogens is 312 g/mol. The first kappa shape index (κ1) is 16.8. The van der Waals surface area contributed by atoms with Gasteiger partial charge in [0.05, 0.1) is 0 Å². The van der Waals surface area contributed by atoms with Gasteiger partial charge < -0.3 is 0 Å². The zero-order valence-electron chi connectivity index (χ0n) is 15.9. The fourth-order valence-corrected chi connectivity index (χ4v) is 4.09. The number of hydrogen-bond acceptors (Lipinski definition) is 0. The highest BCUT2D eigenvalue weighted by molar-refractivity contribution is 5.93. The van der Waals surface area contributed by atoms with Crippen LogP contribution < -0.4 is 0 Å². The zero-order chi connectivity index (χ0) is 18.1. The van der Waals surface area contributed by atoms with Crippen molar-refractivity contribution in [3.63, 3.8) is 0 Å². The van der Waals surface area contributed by atoms with Crippen molar-refractivity contribution in [1.29, 1.82) is 0 Å². The lowest BCUT2D eigenvalue weighted by Gasteiger charge is -2.19. The van der Waals surface area contributed by atoms with Gasteiger partial charge in [-0.1, -0.05) is 99.2 Å². The zero-order valence-corrected chi connectivity index (χ0v) is 15.9. The van der Waals surface area contributed by atoms with Gasteiger partial charge >= 0.3 is 0 Å². The van der Waals surface area contributed by atoms with E-state index in [1.54, 1.807) is 0 Å². The Hall–Kier alpha value is -2.60. The summed E-state index contributed by atoms with van der Waals surface area (Å²) in [5, 5.41) is 0. The van der Waals surface area contributed by atoms with E-state index in [9.17, 15) is 0 Å². The first-order valence-electron chi connectivity index (χ1n) is 9.69. The molecule has 0 fully saturated rings. The summed E-state index contributed by atoms with van der Waals surface area (Å²) in [6, 6.07) is 24.4. The molecule has 130 valence electrons. The second-order valence-electron chi connectivity index (χ2n) is 7.50. The molecule has 0 unspecified atom stereocenters. The van der Waals surface area contributed by atoms with E-state index in [4.69, 9.17) is 0 Å². The lowest BCUT2D eigenvalue weighted by molar-refractivity contribution is 0.869. The topological polar surface area (TPSA) is 0 Å². The SMILES string of the molecule is CCC1=Cc2c(ccc(-c3ccccc3)c2-c2ccccc2C(C)C)C1. The molecule has 0 amide bonds. The predicted octanol–water partition coefficient (Wildman–Crippen LogP) is 7.49. The summed E-state index contributed by atoms with van der Waals surface area (Å²) in [4.78, 5) is 0. The largest absolute Gasteiger partial charge is 0.0655 e. The molecule has 0 atom stereocenters. The van der Waals surface area contributed by atoms with Crippen molar-refractivity contribution in [3.05, 3.63) is 89.0 Å². The average Bonchev–Trinajstić information content (AvgIpc) is 3.11. The van der Waals surface area contributed by atoms with Crippen molar-refractivity contribution < 1.29 is 0 Å². The van der Waals surface area contributed by atoms with Crippen LogP contribution >= 0.6 is 0 Å². The lowest BCUT2D eigenvalue weighted by Crippen LogP contribution is -1.97. The first-order valence-corrected chi connectivity index (χ1v) is 9.69. The fraction of sp³-hybridized carbons (Fsp3) is 0.231. The van der Waals surface area contributed by atoms with Crippen LogP contribution in [0.3, 0.4) is 0 Å². The van der Waals surface area contributed by atoms with Crippen LogP contribution in [0.2, 0.25) is 0 Å². The molecule has 0 nitrogen and oxygen atoms in total. The highest BCUT2D eigenvalue weighted by Crippen LogP contribution is 2.43. The Kier molecular flexibility index (Phi) is 4.51. The van der Waals surface area contributed by atoms with E-state index in [2.05, 4.69) is 93.6 Å². The number of benzene rings is 3. The summed E-state index contributed by atoms with van der Waals surface area (Å²) in [5.74, 6) is 0.502. The molecule has 3 aromatic carbocycles. The van der Waals surface area contributed by atoms with E-state index in [-0.39, 0.29) is 0 Å². The van der Waals surface area contributed by atoms with Gasteiger partial charge in [0.1, 0.15) is 0 Å². The van der Waals surface area contributed by atoms with E-state index >= 15 is 0 Å². The maximum atomic E-state index is 2.44. The fourth-order valence-electron chi connectivity index (χ4n) is 4.09. The van der Waals surface area contributed by atoms with Crippen LogP contribution in [0.15, 0.2) is 72.3 Å². The molecule has 0 N–H and O–H groups in total. The maximum absolute atomic E-state index is 2.44. The Morgan fingerprint density at radius 2 is 1.54 bits per heavy atom. The van der Waals surface area contributed by atoms with E-state index < -0.39 is 0 Å². The van der Waals surface area contributed by atoms with Gasteiger partial charge in [-0.2, -0.15) is 0 Å². The number of allylic oxidation sites excluding steroid dienone is 1. The third-order valence-electron chi connectivity index (χ3n) is 5.49. The third-order valence-corrected chi connectivity index (χ3v) is 5.49. The van der Waals surface area contributed by atoms with E-state index in [1.807, 2.05) is 0 Å². The smallest absolute Gasteiger partial charge is 0.00271 e. The molecule has 3 aromatic rings. The minimum Gasteiger partial charge on any atom is -0.0655 e. The maximum Gasteiger partial charge on any atom is -0.00271 e. The lowest BCUT2D eigenvalue weighted by atomic mass is 9.84. The molecular formula is C26H26. The Balaban J connectivity index is 2.04. The normalized spacial score (nSPS) is 13.0. The van der Waals surface area contributed by atoms with Crippen LogP contribution in [0.5, 0.6) is 0 Å². The van der Waals surface area contributed by atoms with Gasteiger partial charge in [0.15, 0.2) is 0 Å². The highest BCUT2D eigenvalue weighted by atomic mass is 14.3. The highest BCUT2D eigenvalue weighted by Gasteiger charge is 2.21. The van der Waals surface area contributed by atoms with Gasteiger partial charge in [-0.05, 0) is 57.7 Å². The third kappa shape index (κ3) is 2.90. The van der Waals surface area contributed by atoms with Crippen molar-refractivity contribution in [1.82, 2.24) is 0 Å². The van der Waals surface area contributed by atoms with E-state index in [0.717, 1.165) is 12.8 Å². The molecule has 0 heteroatoms. The number of hydrogen-bond donors (Lipinski definition) is 0. The minimum absolute atomic E-state index is 0.502. The molecule has 4 rings (SSSR count). The molecule has 1 aliphatic carbocycles. The minimum atomic E-state index is 0.502. The first-order chi connectivity index (χ1) is 12.7. The van der Waals surface area contributed by atoms with Crippen molar-refractivity contribution in [2.24, 2.45) is 0 Å². The van der Waals surface area contributed by atoms with Crippen molar-refractivity contribution >= 4 is 6.08 Å². The average molecular weight is 338 g/mol. The monoisotopic (exact) mass is 338 g/mol. The van der Waals surface area contributed by atoms with Gasteiger partial charge in [-0.25, -0.2) is 0 Å². The Labute approximate surface area is 157 Å². The quantitative estimate of drug-likeness (QED) is 0.462. The second-order valence-corrected chi connectivity index (χ2v) is 7.50. The summed E-state index contributed by atoms with van der Waals surface area (Å²) in [6.07, 6.45) is 4.66. The van der Waals surface area contributed by atoms with Crippen molar-refractivity contribution in [3.8, 4) is 22.3 Å². The van der Waals surface area contributed by atoms with Crippen LogP contribution in [0.25, 0.3) is 28.3 Å². The predicted molar refractivity (Wildman–Crippen MR) is 113 cm³/mol. The van der Waals surface area contributed by atoms with Gasteiger partial charge in [-0.15, -0.1) is 0 Å². The molecule has 0 saturated carbocycles. The molecule has 0 saturated heterocycles. The number of fused-ring (bicyclic) bond motifs is 1. The Morgan fingerprint density at radius 1 is 0.808 bits per heavy atom. The summed E-state index contributed by atoms with van der Waals surface area (Å²) in [5.41, 5.74) is 11.3. The summed E-state index contributed by atoms with van der Waals surface area (Å²) in [6.45, 7) is 6.84. The standard InChI is InChI=1S/C26H26/c1-4-19-16-21-14-15-23(20-10-6-5-7-11-20)26(25(21)17-19)24-13-9-8-12-22(24)18(2)3/h5-15,17-18H,4,16H2,1-3H3. The van der Waals surface area contributed by atoms with Crippen LogP contribution in [-0.4, -0.2) is 0 Å². The summed E-state index contributed by atoms with van der Waals surface area (Å²) < 4.78 is 0. The van der Waals surface area contributed by atoms with Crippen LogP contribution in [-0.2, 0) is 6.42 Å². The molecule has 1 aliphatic rings. The Morgan fingerprint density at radius 3 is 2.27 bits per heavy atom. The second kappa shape index (κ2) is 6.96. The molecule has 26 heavy (non-hydrogen) atoms. The van der Waals surface area contributed by atoms with E-state index in [0.29, 0.717) is 5.92 Å². The van der Waals surface area contributed by atoms with Crippen LogP contribution in [0.4, 0.5) is 0 Å². The number of rotatable bonds is 4. The Bertz CT molecular complexity index is 959. The summed E-state index contributed by atoms with van der Waals surface area (Å²) >= 11 is 0. The molecule has 0 heterocycles. The molecule has 0 radical (unpaired) electrons. The van der Waals surface area contributed by atoms with Gasteiger partial charge in [0.25, 0.3) is 0 Å². The molecule has 0 aromatic heterocycles. The van der Waals surface area contributed by atoms with E-state index in [1.165, 1.54) is 44.5 Å².